The summed E-state index contributed by atoms with van der Waals surface area (Å²) in [6, 6.07) is 15.7. The Balaban J connectivity index is 1.81. The molecule has 0 radical (unpaired) electrons. The van der Waals surface area contributed by atoms with Crippen LogP contribution in [0.4, 0.5) is 10.5 Å². The molecule has 1 aliphatic heterocycles. The van der Waals surface area contributed by atoms with Crippen molar-refractivity contribution < 1.29 is 14.5 Å². The number of benzene rings is 2. The molecule has 0 N–H and O–H groups in total. The third-order valence-corrected chi connectivity index (χ3v) is 4.85. The maximum Gasteiger partial charge on any atom is 0.293 e. The minimum atomic E-state index is -0.517. The molecule has 3 rings (SSSR count). The number of imide groups is 1. The summed E-state index contributed by atoms with van der Waals surface area (Å²) in [5.41, 5.74) is 2.03. The first kappa shape index (κ1) is 18.6. The standard InChI is InChI=1S/C20H16N2O4S/c1-14(11-15-7-3-2-4-8-15)12-18-19(23)21(20(24)27-18)13-16-9-5-6-10-17(16)22(25)26/h2-12H,13H2,1H3/b14-11+,18-12-. The van der Waals surface area contributed by atoms with Gasteiger partial charge in [0.1, 0.15) is 0 Å². The molecule has 2 amide bonds. The summed E-state index contributed by atoms with van der Waals surface area (Å²) in [7, 11) is 0. The molecule has 2 aromatic carbocycles. The fourth-order valence-electron chi connectivity index (χ4n) is 2.69. The van der Waals surface area contributed by atoms with Gasteiger partial charge in [0.2, 0.25) is 0 Å². The number of hydrogen-bond acceptors (Lipinski definition) is 5. The highest BCUT2D eigenvalue weighted by molar-refractivity contribution is 8.18. The predicted octanol–water partition coefficient (Wildman–Crippen LogP) is 4.78. The van der Waals surface area contributed by atoms with Gasteiger partial charge in [-0.2, -0.15) is 0 Å². The normalized spacial score (nSPS) is 16.3. The Hall–Kier alpha value is -3.19. The Bertz CT molecular complexity index is 967. The van der Waals surface area contributed by atoms with Crippen LogP contribution >= 0.6 is 11.8 Å². The Labute approximate surface area is 160 Å². The summed E-state index contributed by atoms with van der Waals surface area (Å²) < 4.78 is 0. The van der Waals surface area contributed by atoms with Gasteiger partial charge in [-0.15, -0.1) is 0 Å². The number of carbonyl (C=O) groups is 2. The molecule has 1 heterocycles. The lowest BCUT2D eigenvalue weighted by Crippen LogP contribution is -2.27. The molecule has 0 bridgehead atoms. The SMILES string of the molecule is CC(/C=C1\SC(=O)N(Cc2ccccc2[N+](=O)[O-])C1=O)=C\c1ccccc1. The molecule has 1 aliphatic rings. The number of thioether (sulfide) groups is 1. The lowest BCUT2D eigenvalue weighted by Gasteiger charge is -2.12. The molecule has 6 nitrogen and oxygen atoms in total. The lowest BCUT2D eigenvalue weighted by molar-refractivity contribution is -0.385. The highest BCUT2D eigenvalue weighted by Crippen LogP contribution is 2.34. The molecule has 0 unspecified atom stereocenters. The Kier molecular flexibility index (Phi) is 5.52. The summed E-state index contributed by atoms with van der Waals surface area (Å²) in [5.74, 6) is -0.441. The summed E-state index contributed by atoms with van der Waals surface area (Å²) >= 11 is 0.842. The van der Waals surface area contributed by atoms with E-state index in [1.807, 2.05) is 43.3 Å². The van der Waals surface area contributed by atoms with Crippen molar-refractivity contribution in [1.82, 2.24) is 4.90 Å². The summed E-state index contributed by atoms with van der Waals surface area (Å²) in [6.07, 6.45) is 3.58. The summed E-state index contributed by atoms with van der Waals surface area (Å²) in [4.78, 5) is 36.8. The number of amides is 2. The van der Waals surface area contributed by atoms with Crippen molar-refractivity contribution in [1.29, 1.82) is 0 Å². The van der Waals surface area contributed by atoms with E-state index in [2.05, 4.69) is 0 Å². The molecule has 136 valence electrons. The Morgan fingerprint density at radius 1 is 1.11 bits per heavy atom. The van der Waals surface area contributed by atoms with Crippen LogP contribution < -0.4 is 0 Å². The number of nitro groups is 1. The topological polar surface area (TPSA) is 80.5 Å². The number of nitrogens with zero attached hydrogens (tertiary/aromatic N) is 2. The van der Waals surface area contributed by atoms with Gasteiger partial charge in [-0.3, -0.25) is 24.6 Å². The third kappa shape index (κ3) is 4.32. The average molecular weight is 380 g/mol. The largest absolute Gasteiger partial charge is 0.293 e. The number of allylic oxidation sites excluding steroid dienone is 2. The summed E-state index contributed by atoms with van der Waals surface area (Å²) in [5, 5.41) is 10.7. The minimum absolute atomic E-state index is 0.110. The maximum absolute atomic E-state index is 12.6. The first-order valence-electron chi connectivity index (χ1n) is 8.16. The Morgan fingerprint density at radius 3 is 2.48 bits per heavy atom. The molecular weight excluding hydrogens is 364 g/mol. The fraction of sp³-hybridized carbons (Fsp3) is 0.100. The number of nitro benzene ring substituents is 1. The van der Waals surface area contributed by atoms with Crippen LogP contribution in [-0.2, 0) is 11.3 Å². The van der Waals surface area contributed by atoms with E-state index in [9.17, 15) is 19.7 Å². The lowest BCUT2D eigenvalue weighted by atomic mass is 10.1. The van der Waals surface area contributed by atoms with E-state index < -0.39 is 16.1 Å². The van der Waals surface area contributed by atoms with Crippen LogP contribution in [0.1, 0.15) is 18.1 Å². The van der Waals surface area contributed by atoms with E-state index in [1.165, 1.54) is 6.07 Å². The second-order valence-electron chi connectivity index (χ2n) is 5.95. The zero-order valence-corrected chi connectivity index (χ0v) is 15.3. The van der Waals surface area contributed by atoms with E-state index in [0.29, 0.717) is 10.5 Å². The molecule has 0 aliphatic carbocycles. The van der Waals surface area contributed by atoms with E-state index in [4.69, 9.17) is 0 Å². The number of rotatable bonds is 5. The smallest absolute Gasteiger partial charge is 0.268 e. The van der Waals surface area contributed by atoms with E-state index >= 15 is 0 Å². The summed E-state index contributed by atoms with van der Waals surface area (Å²) in [6.45, 7) is 1.73. The second kappa shape index (κ2) is 8.01. The van der Waals surface area contributed by atoms with Gasteiger partial charge in [0, 0.05) is 11.6 Å². The monoisotopic (exact) mass is 380 g/mol. The van der Waals surface area contributed by atoms with E-state index in [1.54, 1.807) is 24.3 Å². The van der Waals surface area contributed by atoms with Gasteiger partial charge in [0.25, 0.3) is 16.8 Å². The second-order valence-corrected chi connectivity index (χ2v) is 6.95. The first-order valence-corrected chi connectivity index (χ1v) is 8.98. The van der Waals surface area contributed by atoms with Crippen molar-refractivity contribution in [3.63, 3.8) is 0 Å². The van der Waals surface area contributed by atoms with Gasteiger partial charge >= 0.3 is 0 Å². The zero-order chi connectivity index (χ0) is 19.4. The highest BCUT2D eigenvalue weighted by Gasteiger charge is 2.36. The predicted molar refractivity (Wildman–Crippen MR) is 105 cm³/mol. The van der Waals surface area contributed by atoms with Crippen molar-refractivity contribution in [2.24, 2.45) is 0 Å². The van der Waals surface area contributed by atoms with Gasteiger partial charge in [0.05, 0.1) is 16.4 Å². The molecule has 7 heteroatoms. The maximum atomic E-state index is 12.6. The molecule has 1 saturated heterocycles. The number of hydrogen-bond donors (Lipinski definition) is 0. The zero-order valence-electron chi connectivity index (χ0n) is 14.5. The molecule has 1 fully saturated rings. The highest BCUT2D eigenvalue weighted by atomic mass is 32.2. The average Bonchev–Trinajstić information content (AvgIpc) is 2.90. The fourth-order valence-corrected chi connectivity index (χ4v) is 3.58. The van der Waals surface area contributed by atoms with Crippen LogP contribution in [0.25, 0.3) is 6.08 Å². The third-order valence-electron chi connectivity index (χ3n) is 3.94. The number of carbonyl (C=O) groups excluding carboxylic acids is 2. The van der Waals surface area contributed by atoms with Crippen molar-refractivity contribution in [2.75, 3.05) is 0 Å². The van der Waals surface area contributed by atoms with Crippen LogP contribution in [0.2, 0.25) is 0 Å². The quantitative estimate of drug-likeness (QED) is 0.424. The van der Waals surface area contributed by atoms with Crippen LogP contribution in [0.15, 0.2) is 71.2 Å². The van der Waals surface area contributed by atoms with Crippen molar-refractivity contribution in [2.45, 2.75) is 13.5 Å². The number of para-hydroxylation sites is 1. The van der Waals surface area contributed by atoms with Crippen LogP contribution in [0, 0.1) is 10.1 Å². The van der Waals surface area contributed by atoms with Gasteiger partial charge in [-0.25, -0.2) is 0 Å². The molecule has 27 heavy (non-hydrogen) atoms. The molecule has 0 aromatic heterocycles. The van der Waals surface area contributed by atoms with E-state index in [0.717, 1.165) is 27.8 Å². The van der Waals surface area contributed by atoms with Gasteiger partial charge in [-0.05, 0) is 35.9 Å². The van der Waals surface area contributed by atoms with Crippen molar-refractivity contribution in [3.8, 4) is 0 Å². The molecule has 0 atom stereocenters. The minimum Gasteiger partial charge on any atom is -0.268 e. The van der Waals surface area contributed by atoms with Gasteiger partial charge < -0.3 is 0 Å². The molecule has 2 aromatic rings. The van der Waals surface area contributed by atoms with E-state index in [-0.39, 0.29) is 12.2 Å². The van der Waals surface area contributed by atoms with Crippen molar-refractivity contribution in [3.05, 3.63) is 92.4 Å². The van der Waals surface area contributed by atoms with Crippen LogP contribution in [0.3, 0.4) is 0 Å². The van der Waals surface area contributed by atoms with Crippen LogP contribution in [0.5, 0.6) is 0 Å². The van der Waals surface area contributed by atoms with Gasteiger partial charge in [-0.1, -0.05) is 54.6 Å². The first-order chi connectivity index (χ1) is 13.0. The molecule has 0 spiro atoms. The van der Waals surface area contributed by atoms with Crippen molar-refractivity contribution >= 4 is 34.7 Å². The molecule has 0 saturated carbocycles. The van der Waals surface area contributed by atoms with Crippen LogP contribution in [-0.4, -0.2) is 21.0 Å². The molecular formula is C20H16N2O4S. The Morgan fingerprint density at radius 2 is 1.78 bits per heavy atom. The van der Waals surface area contributed by atoms with Gasteiger partial charge in [0.15, 0.2) is 0 Å².